The summed E-state index contributed by atoms with van der Waals surface area (Å²) in [4.78, 5) is 38.1. The molecule has 1 aromatic rings. The number of urea groups is 1. The summed E-state index contributed by atoms with van der Waals surface area (Å²) in [6, 6.07) is 9.53. The fourth-order valence-corrected chi connectivity index (χ4v) is 3.59. The van der Waals surface area contributed by atoms with Crippen LogP contribution in [0.5, 0.6) is 0 Å². The molecule has 1 saturated carbocycles. The molecule has 6 heteroatoms. The Bertz CT molecular complexity index is 655. The van der Waals surface area contributed by atoms with Crippen LogP contribution in [0.1, 0.15) is 44.6 Å². The van der Waals surface area contributed by atoms with E-state index in [1.807, 2.05) is 30.3 Å². The van der Waals surface area contributed by atoms with Crippen LogP contribution in [0, 0.1) is 0 Å². The summed E-state index contributed by atoms with van der Waals surface area (Å²) < 4.78 is 0. The Morgan fingerprint density at radius 3 is 2.60 bits per heavy atom. The monoisotopic (exact) mass is 343 g/mol. The Balaban J connectivity index is 1.57. The van der Waals surface area contributed by atoms with Crippen LogP contribution in [-0.2, 0) is 16.0 Å². The Hall–Kier alpha value is -2.37. The molecule has 0 unspecified atom stereocenters. The number of carbonyl (C=O) groups is 3. The number of amides is 4. The third-order valence-corrected chi connectivity index (χ3v) is 5.12. The summed E-state index contributed by atoms with van der Waals surface area (Å²) in [6.07, 6.45) is 5.37. The van der Waals surface area contributed by atoms with Gasteiger partial charge in [-0.15, -0.1) is 0 Å². The maximum Gasteiger partial charge on any atom is 0.325 e. The average molecular weight is 343 g/mol. The smallest absolute Gasteiger partial charge is 0.325 e. The zero-order valence-corrected chi connectivity index (χ0v) is 14.6. The van der Waals surface area contributed by atoms with Gasteiger partial charge in [0.05, 0.1) is 0 Å². The van der Waals surface area contributed by atoms with Crippen molar-refractivity contribution in [2.75, 3.05) is 6.54 Å². The van der Waals surface area contributed by atoms with Crippen molar-refractivity contribution >= 4 is 17.8 Å². The number of rotatable bonds is 6. The third-order valence-electron chi connectivity index (χ3n) is 5.12. The van der Waals surface area contributed by atoms with E-state index in [0.29, 0.717) is 12.8 Å². The first-order valence-corrected chi connectivity index (χ1v) is 8.95. The topological polar surface area (TPSA) is 78.5 Å². The van der Waals surface area contributed by atoms with Gasteiger partial charge in [0, 0.05) is 6.04 Å². The summed E-state index contributed by atoms with van der Waals surface area (Å²) in [7, 11) is 0. The SMILES string of the molecule is C[C@]1(CCc2ccccc2)NC(=O)N(CC(=O)NC2CCCC2)C1=O. The number of carbonyl (C=O) groups excluding carboxylic acids is 3. The van der Waals surface area contributed by atoms with E-state index in [1.54, 1.807) is 6.92 Å². The van der Waals surface area contributed by atoms with Crippen LogP contribution in [0.4, 0.5) is 4.79 Å². The highest BCUT2D eigenvalue weighted by Gasteiger charge is 2.47. The highest BCUT2D eigenvalue weighted by atomic mass is 16.2. The van der Waals surface area contributed by atoms with Gasteiger partial charge in [-0.05, 0) is 38.2 Å². The van der Waals surface area contributed by atoms with Gasteiger partial charge in [0.2, 0.25) is 5.91 Å². The average Bonchev–Trinajstić information content (AvgIpc) is 3.17. The number of hydrogen-bond donors (Lipinski definition) is 2. The van der Waals surface area contributed by atoms with Crippen molar-refractivity contribution in [2.45, 2.75) is 57.0 Å². The molecule has 134 valence electrons. The minimum atomic E-state index is -0.958. The van der Waals surface area contributed by atoms with E-state index in [0.717, 1.165) is 36.1 Å². The van der Waals surface area contributed by atoms with Crippen LogP contribution < -0.4 is 10.6 Å². The molecule has 3 rings (SSSR count). The molecule has 1 saturated heterocycles. The van der Waals surface area contributed by atoms with Crippen LogP contribution in [0.25, 0.3) is 0 Å². The first-order valence-electron chi connectivity index (χ1n) is 8.95. The molecule has 1 aliphatic heterocycles. The molecule has 1 aliphatic carbocycles. The van der Waals surface area contributed by atoms with E-state index in [9.17, 15) is 14.4 Å². The number of aryl methyl sites for hydroxylation is 1. The molecule has 1 aromatic carbocycles. The molecule has 0 aromatic heterocycles. The lowest BCUT2D eigenvalue weighted by molar-refractivity contribution is -0.134. The molecule has 0 spiro atoms. The van der Waals surface area contributed by atoms with E-state index in [-0.39, 0.29) is 24.4 Å². The lowest BCUT2D eigenvalue weighted by Crippen LogP contribution is -2.46. The van der Waals surface area contributed by atoms with E-state index in [1.165, 1.54) is 0 Å². The van der Waals surface area contributed by atoms with Gasteiger partial charge in [0.25, 0.3) is 5.91 Å². The number of imide groups is 1. The normalized spacial score (nSPS) is 23.8. The van der Waals surface area contributed by atoms with Crippen LogP contribution in [-0.4, -0.2) is 40.9 Å². The van der Waals surface area contributed by atoms with Gasteiger partial charge in [-0.25, -0.2) is 4.79 Å². The van der Waals surface area contributed by atoms with E-state index >= 15 is 0 Å². The second-order valence-electron chi connectivity index (χ2n) is 7.19. The first kappa shape index (κ1) is 17.5. The summed E-state index contributed by atoms with van der Waals surface area (Å²) in [5.74, 6) is -0.585. The second kappa shape index (κ2) is 7.25. The Morgan fingerprint density at radius 1 is 1.24 bits per heavy atom. The lowest BCUT2D eigenvalue weighted by Gasteiger charge is -2.22. The molecule has 2 fully saturated rings. The zero-order valence-electron chi connectivity index (χ0n) is 14.6. The summed E-state index contributed by atoms with van der Waals surface area (Å²) in [5, 5.41) is 5.68. The molecule has 0 radical (unpaired) electrons. The molecule has 6 nitrogen and oxygen atoms in total. The Morgan fingerprint density at radius 2 is 1.92 bits per heavy atom. The molecular weight excluding hydrogens is 318 g/mol. The molecule has 4 amide bonds. The fraction of sp³-hybridized carbons (Fsp3) is 0.526. The van der Waals surface area contributed by atoms with E-state index in [4.69, 9.17) is 0 Å². The largest absolute Gasteiger partial charge is 0.352 e. The standard InChI is InChI=1S/C19H25N3O3/c1-19(12-11-14-7-3-2-4-8-14)17(24)22(18(25)21-19)13-16(23)20-15-9-5-6-10-15/h2-4,7-8,15H,5-6,9-13H2,1H3,(H,20,23)(H,21,25)/t19-/m1/s1. The van der Waals surface area contributed by atoms with E-state index in [2.05, 4.69) is 10.6 Å². The van der Waals surface area contributed by atoms with Crippen molar-refractivity contribution in [2.24, 2.45) is 0 Å². The maximum absolute atomic E-state index is 12.7. The zero-order chi connectivity index (χ0) is 17.9. The molecule has 2 aliphatic rings. The highest BCUT2D eigenvalue weighted by molar-refractivity contribution is 6.08. The Kier molecular flexibility index (Phi) is 5.06. The van der Waals surface area contributed by atoms with Crippen molar-refractivity contribution in [1.82, 2.24) is 15.5 Å². The third kappa shape index (κ3) is 4.00. The van der Waals surface area contributed by atoms with Gasteiger partial charge in [-0.3, -0.25) is 14.5 Å². The number of benzene rings is 1. The number of nitrogens with zero attached hydrogens (tertiary/aromatic N) is 1. The van der Waals surface area contributed by atoms with Gasteiger partial charge < -0.3 is 10.6 Å². The van der Waals surface area contributed by atoms with Crippen LogP contribution >= 0.6 is 0 Å². The second-order valence-corrected chi connectivity index (χ2v) is 7.19. The molecule has 0 bridgehead atoms. The van der Waals surface area contributed by atoms with Crippen molar-refractivity contribution in [1.29, 1.82) is 0 Å². The summed E-state index contributed by atoms with van der Waals surface area (Å²) >= 11 is 0. The molecular formula is C19H25N3O3. The van der Waals surface area contributed by atoms with Gasteiger partial charge in [0.1, 0.15) is 12.1 Å². The quantitative estimate of drug-likeness (QED) is 0.775. The van der Waals surface area contributed by atoms with Crippen LogP contribution in [0.3, 0.4) is 0 Å². The predicted octanol–water partition coefficient (Wildman–Crippen LogP) is 1.99. The summed E-state index contributed by atoms with van der Waals surface area (Å²) in [5.41, 5.74) is 0.156. The minimum Gasteiger partial charge on any atom is -0.352 e. The van der Waals surface area contributed by atoms with Gasteiger partial charge >= 0.3 is 6.03 Å². The first-order chi connectivity index (χ1) is 12.0. The number of nitrogens with one attached hydrogen (secondary N) is 2. The maximum atomic E-state index is 12.7. The van der Waals surface area contributed by atoms with Crippen LogP contribution in [0.2, 0.25) is 0 Å². The van der Waals surface area contributed by atoms with Crippen LogP contribution in [0.15, 0.2) is 30.3 Å². The van der Waals surface area contributed by atoms with Gasteiger partial charge in [0.15, 0.2) is 0 Å². The van der Waals surface area contributed by atoms with Gasteiger partial charge in [-0.1, -0.05) is 43.2 Å². The molecule has 1 heterocycles. The highest BCUT2D eigenvalue weighted by Crippen LogP contribution is 2.23. The van der Waals surface area contributed by atoms with Crippen molar-refractivity contribution in [3.8, 4) is 0 Å². The van der Waals surface area contributed by atoms with Crippen molar-refractivity contribution in [3.63, 3.8) is 0 Å². The molecule has 25 heavy (non-hydrogen) atoms. The number of hydrogen-bond acceptors (Lipinski definition) is 3. The fourth-order valence-electron chi connectivity index (χ4n) is 3.59. The van der Waals surface area contributed by atoms with Crippen molar-refractivity contribution < 1.29 is 14.4 Å². The minimum absolute atomic E-state index is 0.178. The predicted molar refractivity (Wildman–Crippen MR) is 93.8 cm³/mol. The van der Waals surface area contributed by atoms with Gasteiger partial charge in [-0.2, -0.15) is 0 Å². The van der Waals surface area contributed by atoms with Crippen molar-refractivity contribution in [3.05, 3.63) is 35.9 Å². The molecule has 2 N–H and O–H groups in total. The Labute approximate surface area is 148 Å². The molecule has 1 atom stereocenters. The summed E-state index contributed by atoms with van der Waals surface area (Å²) in [6.45, 7) is 1.52. The van der Waals surface area contributed by atoms with E-state index < -0.39 is 11.6 Å². The lowest BCUT2D eigenvalue weighted by atomic mass is 9.93.